The number of fused-ring (bicyclic) bond motifs is 1. The van der Waals surface area contributed by atoms with Gasteiger partial charge >= 0.3 is 0 Å². The number of nitro benzene ring substituents is 1. The first kappa shape index (κ1) is 14.5. The summed E-state index contributed by atoms with van der Waals surface area (Å²) in [5.41, 5.74) is 9.85. The Kier molecular flexibility index (Phi) is 3.58. The van der Waals surface area contributed by atoms with Gasteiger partial charge in [-0.15, -0.1) is 0 Å². The highest BCUT2D eigenvalue weighted by Crippen LogP contribution is 2.35. The van der Waals surface area contributed by atoms with E-state index in [1.807, 2.05) is 37.3 Å². The van der Waals surface area contributed by atoms with Gasteiger partial charge in [0.05, 0.1) is 11.0 Å². The highest BCUT2D eigenvalue weighted by Gasteiger charge is 2.30. The summed E-state index contributed by atoms with van der Waals surface area (Å²) in [7, 11) is 0. The van der Waals surface area contributed by atoms with Crippen molar-refractivity contribution in [3.63, 3.8) is 0 Å². The minimum absolute atomic E-state index is 0.112. The molecule has 0 saturated heterocycles. The van der Waals surface area contributed by atoms with Crippen molar-refractivity contribution in [1.82, 2.24) is 0 Å². The third-order valence-corrected chi connectivity index (χ3v) is 4.32. The molecule has 2 aromatic rings. The molecule has 0 aliphatic carbocycles. The first-order valence-electron chi connectivity index (χ1n) is 7.23. The van der Waals surface area contributed by atoms with E-state index in [-0.39, 0.29) is 16.7 Å². The molecule has 0 spiro atoms. The fourth-order valence-corrected chi connectivity index (χ4v) is 2.87. The quantitative estimate of drug-likeness (QED) is 0.697. The van der Waals surface area contributed by atoms with E-state index in [9.17, 15) is 10.1 Å². The second-order valence-electron chi connectivity index (χ2n) is 5.73. The summed E-state index contributed by atoms with van der Waals surface area (Å²) in [5, 5.41) is 11.2. The fraction of sp³-hybridized carbons (Fsp3) is 0.294. The molecule has 114 valence electrons. The Morgan fingerprint density at radius 1 is 1.32 bits per heavy atom. The molecule has 3 rings (SSSR count). The lowest BCUT2D eigenvalue weighted by Gasteiger charge is -2.20. The molecule has 1 aliphatic rings. The van der Waals surface area contributed by atoms with Gasteiger partial charge in [-0.1, -0.05) is 24.3 Å². The van der Waals surface area contributed by atoms with Gasteiger partial charge in [0.25, 0.3) is 5.69 Å². The predicted molar refractivity (Wildman–Crippen MR) is 84.1 cm³/mol. The van der Waals surface area contributed by atoms with Crippen molar-refractivity contribution >= 4 is 5.69 Å². The summed E-state index contributed by atoms with van der Waals surface area (Å²) < 4.78 is 5.90. The van der Waals surface area contributed by atoms with E-state index >= 15 is 0 Å². The zero-order chi connectivity index (χ0) is 15.9. The molecule has 2 aromatic carbocycles. The number of nitrogens with zero attached hydrogens (tertiary/aromatic N) is 1. The average Bonchev–Trinajstić information content (AvgIpc) is 2.92. The second kappa shape index (κ2) is 5.42. The molecule has 0 amide bonds. The lowest BCUT2D eigenvalue weighted by molar-refractivity contribution is -0.385. The van der Waals surface area contributed by atoms with Crippen molar-refractivity contribution in [3.05, 3.63) is 68.8 Å². The lowest BCUT2D eigenvalue weighted by Crippen LogP contribution is -2.30. The van der Waals surface area contributed by atoms with E-state index in [4.69, 9.17) is 10.5 Å². The number of hydrogen-bond acceptors (Lipinski definition) is 4. The van der Waals surface area contributed by atoms with Gasteiger partial charge in [-0.3, -0.25) is 10.1 Å². The van der Waals surface area contributed by atoms with Crippen molar-refractivity contribution < 1.29 is 9.66 Å². The molecule has 1 aliphatic heterocycles. The number of para-hydroxylation sites is 1. The fourth-order valence-electron chi connectivity index (χ4n) is 2.87. The largest absolute Gasteiger partial charge is 0.488 e. The van der Waals surface area contributed by atoms with E-state index in [1.54, 1.807) is 13.0 Å². The van der Waals surface area contributed by atoms with Crippen LogP contribution in [-0.2, 0) is 6.42 Å². The van der Waals surface area contributed by atoms with Crippen molar-refractivity contribution in [2.75, 3.05) is 0 Å². The van der Waals surface area contributed by atoms with Crippen LogP contribution in [0.1, 0.15) is 28.3 Å². The van der Waals surface area contributed by atoms with Gasteiger partial charge in [0.15, 0.2) is 0 Å². The average molecular weight is 298 g/mol. The number of aryl methyl sites for hydroxylation is 1. The van der Waals surface area contributed by atoms with Crippen LogP contribution >= 0.6 is 0 Å². The van der Waals surface area contributed by atoms with Gasteiger partial charge < -0.3 is 10.5 Å². The third-order valence-electron chi connectivity index (χ3n) is 4.32. The molecule has 0 saturated carbocycles. The number of benzene rings is 2. The monoisotopic (exact) mass is 298 g/mol. The minimum atomic E-state index is -0.398. The van der Waals surface area contributed by atoms with Crippen LogP contribution in [0.5, 0.6) is 5.75 Å². The molecule has 2 N–H and O–H groups in total. The number of nitrogens with two attached hydrogens (primary N) is 1. The summed E-state index contributed by atoms with van der Waals surface area (Å²) in [6.07, 6.45) is 0.525. The van der Waals surface area contributed by atoms with Gasteiger partial charge in [0.1, 0.15) is 11.9 Å². The molecule has 5 heteroatoms. The molecule has 1 heterocycles. The number of rotatable bonds is 3. The summed E-state index contributed by atoms with van der Waals surface area (Å²) in [5.74, 6) is 0.848. The molecule has 2 unspecified atom stereocenters. The standard InChI is InChI=1S/C17H18N2O3/c1-10-7-13(8-14(11(10)2)19(20)21)17(18)16-9-12-5-3-4-6-15(12)22-16/h3-8,16-17H,9,18H2,1-2H3. The van der Waals surface area contributed by atoms with Crippen molar-refractivity contribution in [2.24, 2.45) is 5.73 Å². The first-order chi connectivity index (χ1) is 10.5. The molecular weight excluding hydrogens is 280 g/mol. The molecule has 22 heavy (non-hydrogen) atoms. The predicted octanol–water partition coefficient (Wildman–Crippen LogP) is 3.22. The Morgan fingerprint density at radius 2 is 2.05 bits per heavy atom. The van der Waals surface area contributed by atoms with Crippen molar-refractivity contribution in [1.29, 1.82) is 0 Å². The van der Waals surface area contributed by atoms with Gasteiger partial charge in [0, 0.05) is 18.1 Å². The Labute approximate surface area is 128 Å². The molecule has 0 fully saturated rings. The van der Waals surface area contributed by atoms with Gasteiger partial charge in [0.2, 0.25) is 0 Å². The van der Waals surface area contributed by atoms with E-state index in [1.165, 1.54) is 0 Å². The van der Waals surface area contributed by atoms with Crippen molar-refractivity contribution in [3.8, 4) is 5.75 Å². The molecular formula is C17H18N2O3. The number of hydrogen-bond donors (Lipinski definition) is 1. The van der Waals surface area contributed by atoms with Gasteiger partial charge in [-0.2, -0.15) is 0 Å². The van der Waals surface area contributed by atoms with E-state index in [2.05, 4.69) is 0 Å². The van der Waals surface area contributed by atoms with Crippen LogP contribution in [0.15, 0.2) is 36.4 Å². The normalized spacial score (nSPS) is 17.7. The van der Waals surface area contributed by atoms with Crippen molar-refractivity contribution in [2.45, 2.75) is 32.4 Å². The van der Waals surface area contributed by atoms with Crippen LogP contribution in [0.25, 0.3) is 0 Å². The van der Waals surface area contributed by atoms with Crippen LogP contribution in [0.3, 0.4) is 0 Å². The van der Waals surface area contributed by atoms with E-state index < -0.39 is 6.04 Å². The zero-order valence-electron chi connectivity index (χ0n) is 12.6. The summed E-state index contributed by atoms with van der Waals surface area (Å²) in [4.78, 5) is 10.8. The smallest absolute Gasteiger partial charge is 0.272 e. The molecule has 5 nitrogen and oxygen atoms in total. The summed E-state index contributed by atoms with van der Waals surface area (Å²) in [6, 6.07) is 10.9. The first-order valence-corrected chi connectivity index (χ1v) is 7.23. The van der Waals surface area contributed by atoms with Gasteiger partial charge in [-0.05, 0) is 36.6 Å². The Bertz CT molecular complexity index is 718. The minimum Gasteiger partial charge on any atom is -0.488 e. The summed E-state index contributed by atoms with van der Waals surface area (Å²) >= 11 is 0. The molecule has 0 bridgehead atoms. The number of nitro groups is 1. The van der Waals surface area contributed by atoms with Crippen LogP contribution < -0.4 is 10.5 Å². The van der Waals surface area contributed by atoms with Gasteiger partial charge in [-0.25, -0.2) is 0 Å². The Morgan fingerprint density at radius 3 is 2.73 bits per heavy atom. The third kappa shape index (κ3) is 2.44. The molecule has 0 aromatic heterocycles. The summed E-state index contributed by atoms with van der Waals surface area (Å²) in [6.45, 7) is 3.62. The van der Waals surface area contributed by atoms with Crippen LogP contribution in [0.4, 0.5) is 5.69 Å². The molecule has 0 radical (unpaired) electrons. The lowest BCUT2D eigenvalue weighted by atomic mass is 9.94. The van der Waals surface area contributed by atoms with E-state index in [0.29, 0.717) is 5.56 Å². The highest BCUT2D eigenvalue weighted by molar-refractivity contribution is 5.49. The van der Waals surface area contributed by atoms with Crippen LogP contribution in [0, 0.1) is 24.0 Å². The topological polar surface area (TPSA) is 78.4 Å². The maximum absolute atomic E-state index is 11.2. The van der Waals surface area contributed by atoms with Crippen LogP contribution in [-0.4, -0.2) is 11.0 Å². The molecule has 2 atom stereocenters. The van der Waals surface area contributed by atoms with Crippen LogP contribution in [0.2, 0.25) is 0 Å². The maximum Gasteiger partial charge on any atom is 0.272 e. The SMILES string of the molecule is Cc1cc(C(N)C2Cc3ccccc3O2)cc([N+](=O)[O-])c1C. The Hall–Kier alpha value is -2.40. The zero-order valence-corrected chi connectivity index (χ0v) is 12.6. The highest BCUT2D eigenvalue weighted by atomic mass is 16.6. The Balaban J connectivity index is 1.91. The second-order valence-corrected chi connectivity index (χ2v) is 5.73. The van der Waals surface area contributed by atoms with E-state index in [0.717, 1.165) is 28.9 Å². The number of ether oxygens (including phenoxy) is 1. The maximum atomic E-state index is 11.2.